The highest BCUT2D eigenvalue weighted by atomic mass is 19.3. The van der Waals surface area contributed by atoms with E-state index in [1.807, 2.05) is 0 Å². The number of benzene rings is 1. The molecule has 0 aliphatic heterocycles. The van der Waals surface area contributed by atoms with E-state index >= 15 is 0 Å². The average molecular weight is 287 g/mol. The summed E-state index contributed by atoms with van der Waals surface area (Å²) in [6.07, 6.45) is 1.93. The quantitative estimate of drug-likeness (QED) is 0.670. The highest BCUT2D eigenvalue weighted by Crippen LogP contribution is 2.29. The molecule has 0 unspecified atom stereocenters. The summed E-state index contributed by atoms with van der Waals surface area (Å²) in [4.78, 5) is 0. The number of hydrogen-bond donors (Lipinski definition) is 1. The smallest absolute Gasteiger partial charge is 0.285 e. The Balaban J connectivity index is 2.57. The van der Waals surface area contributed by atoms with Gasteiger partial charge in [0, 0.05) is 19.2 Å². The van der Waals surface area contributed by atoms with Gasteiger partial charge in [0.25, 0.3) is 5.92 Å². The van der Waals surface area contributed by atoms with E-state index in [0.717, 1.165) is 12.8 Å². The summed E-state index contributed by atoms with van der Waals surface area (Å²) < 4.78 is 38.2. The second-order valence-corrected chi connectivity index (χ2v) is 4.60. The number of halogens is 2. The van der Waals surface area contributed by atoms with Crippen molar-refractivity contribution >= 4 is 0 Å². The third kappa shape index (κ3) is 5.84. The van der Waals surface area contributed by atoms with Gasteiger partial charge < -0.3 is 14.8 Å². The molecule has 20 heavy (non-hydrogen) atoms. The van der Waals surface area contributed by atoms with E-state index in [-0.39, 0.29) is 5.56 Å². The molecule has 1 aromatic carbocycles. The van der Waals surface area contributed by atoms with Crippen LogP contribution in [-0.2, 0) is 10.7 Å². The highest BCUT2D eigenvalue weighted by Gasteiger charge is 2.31. The van der Waals surface area contributed by atoms with E-state index < -0.39 is 12.5 Å². The molecule has 0 atom stereocenters. The predicted molar refractivity (Wildman–Crippen MR) is 75.5 cm³/mol. The fourth-order valence-electron chi connectivity index (χ4n) is 1.67. The summed E-state index contributed by atoms with van der Waals surface area (Å²) in [5, 5.41) is 2.68. The summed E-state index contributed by atoms with van der Waals surface area (Å²) >= 11 is 0. The van der Waals surface area contributed by atoms with Gasteiger partial charge in [-0.25, -0.2) is 0 Å². The maximum Gasteiger partial charge on any atom is 0.285 e. The molecule has 1 rings (SSSR count). The molecule has 3 nitrogen and oxygen atoms in total. The molecule has 0 bridgehead atoms. The van der Waals surface area contributed by atoms with Crippen molar-refractivity contribution in [3.63, 3.8) is 0 Å². The lowest BCUT2D eigenvalue weighted by molar-refractivity contribution is -0.00437. The molecule has 114 valence electrons. The number of ether oxygens (including phenoxy) is 2. The van der Waals surface area contributed by atoms with E-state index in [0.29, 0.717) is 25.5 Å². The van der Waals surface area contributed by atoms with E-state index in [1.165, 1.54) is 19.2 Å². The lowest BCUT2D eigenvalue weighted by atomic mass is 10.1. The third-order valence-electron chi connectivity index (χ3n) is 2.85. The number of nitrogens with one attached hydrogen (secondary N) is 1. The molecular weight excluding hydrogens is 264 g/mol. The lowest BCUT2D eigenvalue weighted by Gasteiger charge is -2.18. The molecule has 1 aromatic rings. The standard InChI is InChI=1S/C15H23F2NO2/c1-3-4-9-20-14-7-5-6-13(11-14)15(16,17)12-18-8-10-19-2/h5-7,11,18H,3-4,8-10,12H2,1-2H3. The van der Waals surface area contributed by atoms with Crippen LogP contribution in [0.25, 0.3) is 0 Å². The molecule has 0 aliphatic carbocycles. The van der Waals surface area contributed by atoms with Crippen molar-refractivity contribution < 1.29 is 18.3 Å². The molecule has 0 heterocycles. The van der Waals surface area contributed by atoms with Crippen LogP contribution in [0, 0.1) is 0 Å². The molecule has 0 aromatic heterocycles. The Kier molecular flexibility index (Phi) is 7.47. The summed E-state index contributed by atoms with van der Waals surface area (Å²) in [6.45, 7) is 3.01. The highest BCUT2D eigenvalue weighted by molar-refractivity contribution is 5.31. The van der Waals surface area contributed by atoms with Gasteiger partial charge in [-0.15, -0.1) is 0 Å². The van der Waals surface area contributed by atoms with Crippen molar-refractivity contribution in [3.8, 4) is 5.75 Å². The Morgan fingerprint density at radius 1 is 1.25 bits per heavy atom. The van der Waals surface area contributed by atoms with Crippen LogP contribution in [0.1, 0.15) is 25.3 Å². The maximum atomic E-state index is 14.0. The van der Waals surface area contributed by atoms with Crippen molar-refractivity contribution in [2.24, 2.45) is 0 Å². The van der Waals surface area contributed by atoms with Gasteiger partial charge >= 0.3 is 0 Å². The Morgan fingerprint density at radius 2 is 2.05 bits per heavy atom. The first-order valence-corrected chi connectivity index (χ1v) is 6.91. The molecular formula is C15H23F2NO2. The Labute approximate surface area is 119 Å². The largest absolute Gasteiger partial charge is 0.494 e. The van der Waals surface area contributed by atoms with E-state index in [4.69, 9.17) is 9.47 Å². The molecule has 0 fully saturated rings. The minimum absolute atomic E-state index is 0.0311. The van der Waals surface area contributed by atoms with Gasteiger partial charge in [0.15, 0.2) is 0 Å². The van der Waals surface area contributed by atoms with Crippen LogP contribution >= 0.6 is 0 Å². The van der Waals surface area contributed by atoms with Gasteiger partial charge in [0.05, 0.1) is 19.8 Å². The van der Waals surface area contributed by atoms with Crippen molar-refractivity contribution in [1.29, 1.82) is 0 Å². The van der Waals surface area contributed by atoms with E-state index in [9.17, 15) is 8.78 Å². The molecule has 5 heteroatoms. The van der Waals surface area contributed by atoms with Crippen molar-refractivity contribution in [2.45, 2.75) is 25.7 Å². The van der Waals surface area contributed by atoms with Gasteiger partial charge in [-0.1, -0.05) is 25.5 Å². The fourth-order valence-corrected chi connectivity index (χ4v) is 1.67. The monoisotopic (exact) mass is 287 g/mol. The van der Waals surface area contributed by atoms with Crippen molar-refractivity contribution in [1.82, 2.24) is 5.32 Å². The molecule has 0 radical (unpaired) electrons. The van der Waals surface area contributed by atoms with E-state index in [2.05, 4.69) is 12.2 Å². The molecule has 0 aliphatic rings. The molecule has 0 saturated carbocycles. The lowest BCUT2D eigenvalue weighted by Crippen LogP contribution is -2.32. The van der Waals surface area contributed by atoms with Crippen LogP contribution in [0.3, 0.4) is 0 Å². The van der Waals surface area contributed by atoms with Gasteiger partial charge in [0.1, 0.15) is 5.75 Å². The van der Waals surface area contributed by atoms with Gasteiger partial charge in [0.2, 0.25) is 0 Å². The van der Waals surface area contributed by atoms with Crippen LogP contribution < -0.4 is 10.1 Å². The van der Waals surface area contributed by atoms with Gasteiger partial charge in [-0.3, -0.25) is 0 Å². The first-order chi connectivity index (χ1) is 9.60. The van der Waals surface area contributed by atoms with Crippen LogP contribution in [0.15, 0.2) is 24.3 Å². The second-order valence-electron chi connectivity index (χ2n) is 4.60. The normalized spacial score (nSPS) is 11.6. The third-order valence-corrected chi connectivity index (χ3v) is 2.85. The van der Waals surface area contributed by atoms with Gasteiger partial charge in [-0.05, 0) is 18.6 Å². The summed E-state index contributed by atoms with van der Waals surface area (Å²) in [6, 6.07) is 6.13. The summed E-state index contributed by atoms with van der Waals surface area (Å²) in [5.41, 5.74) is -0.0311. The Hall–Kier alpha value is -1.20. The minimum atomic E-state index is -2.92. The number of alkyl halides is 2. The van der Waals surface area contributed by atoms with Crippen LogP contribution in [0.5, 0.6) is 5.75 Å². The molecule has 0 spiro atoms. The number of hydrogen-bond acceptors (Lipinski definition) is 3. The number of methoxy groups -OCH3 is 1. The summed E-state index contributed by atoms with van der Waals surface area (Å²) in [5.74, 6) is -2.43. The topological polar surface area (TPSA) is 30.5 Å². The fraction of sp³-hybridized carbons (Fsp3) is 0.600. The van der Waals surface area contributed by atoms with Crippen molar-refractivity contribution in [3.05, 3.63) is 29.8 Å². The van der Waals surface area contributed by atoms with Gasteiger partial charge in [-0.2, -0.15) is 8.78 Å². The molecule has 1 N–H and O–H groups in total. The zero-order valence-corrected chi connectivity index (χ0v) is 12.1. The molecule has 0 saturated heterocycles. The van der Waals surface area contributed by atoms with Crippen LogP contribution in [0.4, 0.5) is 8.78 Å². The van der Waals surface area contributed by atoms with Crippen molar-refractivity contribution in [2.75, 3.05) is 33.4 Å². The average Bonchev–Trinajstić information content (AvgIpc) is 2.44. The Bertz CT molecular complexity index is 386. The Morgan fingerprint density at radius 3 is 2.75 bits per heavy atom. The maximum absolute atomic E-state index is 14.0. The summed E-state index contributed by atoms with van der Waals surface area (Å²) in [7, 11) is 1.54. The predicted octanol–water partition coefficient (Wildman–Crippen LogP) is 3.19. The zero-order chi connectivity index (χ0) is 14.8. The SMILES string of the molecule is CCCCOc1cccc(C(F)(F)CNCCOC)c1. The second kappa shape index (κ2) is 8.87. The zero-order valence-electron chi connectivity index (χ0n) is 12.1. The first kappa shape index (κ1) is 16.9. The molecule has 0 amide bonds. The van der Waals surface area contributed by atoms with E-state index in [1.54, 1.807) is 12.1 Å². The van der Waals surface area contributed by atoms with Crippen LogP contribution in [-0.4, -0.2) is 33.4 Å². The number of rotatable bonds is 10. The first-order valence-electron chi connectivity index (χ1n) is 6.91. The van der Waals surface area contributed by atoms with Crippen LogP contribution in [0.2, 0.25) is 0 Å². The number of unbranched alkanes of at least 4 members (excludes halogenated alkanes) is 1. The minimum Gasteiger partial charge on any atom is -0.494 e.